The van der Waals surface area contributed by atoms with E-state index < -0.39 is 5.97 Å². The van der Waals surface area contributed by atoms with Crippen LogP contribution in [0.2, 0.25) is 0 Å². The molecule has 7 nitrogen and oxygen atoms in total. The van der Waals surface area contributed by atoms with Crippen LogP contribution in [0.25, 0.3) is 0 Å². The summed E-state index contributed by atoms with van der Waals surface area (Å²) in [4.78, 5) is 30.6. The predicted octanol–water partition coefficient (Wildman–Crippen LogP) is 0.810. The number of carbonyl (C=O) groups is 2. The van der Waals surface area contributed by atoms with E-state index in [1.165, 1.54) is 18.0 Å². The molecule has 0 spiro atoms. The van der Waals surface area contributed by atoms with Crippen LogP contribution in [0.1, 0.15) is 16.8 Å². The molecule has 3 rings (SSSR count). The number of aldehydes is 1. The maximum Gasteiger partial charge on any atom is 0.351 e. The van der Waals surface area contributed by atoms with Crippen molar-refractivity contribution in [1.82, 2.24) is 9.55 Å². The third-order valence-electron chi connectivity index (χ3n) is 3.30. The first-order valence-corrected chi connectivity index (χ1v) is 7.44. The molecule has 0 amide bonds. The van der Waals surface area contributed by atoms with Crippen molar-refractivity contribution >= 4 is 29.7 Å². The Bertz CT molecular complexity index is 626. The second-order valence-electron chi connectivity index (χ2n) is 4.65. The lowest BCUT2D eigenvalue weighted by Crippen LogP contribution is -2.15. The van der Waals surface area contributed by atoms with Gasteiger partial charge >= 0.3 is 5.97 Å². The molecule has 1 atom stereocenters. The molecule has 0 unspecified atom stereocenters. The minimum absolute atomic E-state index is 0.0363. The van der Waals surface area contributed by atoms with E-state index in [9.17, 15) is 9.59 Å². The Balaban J connectivity index is 1.90. The fourth-order valence-electron chi connectivity index (χ4n) is 2.22. The summed E-state index contributed by atoms with van der Waals surface area (Å²) in [6, 6.07) is 0. The molecule has 2 aliphatic rings. The standard InChI is InChI=1S/C13H13N3O4S/c17-5-8-3-14-10(13(18)19)7-21-12(8)9-4-16-1-2-20-6-11(16)15-9/h3-5,12H,1-2,6-7H2,(H,18,19)/t12-/m1/s1. The first kappa shape index (κ1) is 14.0. The van der Waals surface area contributed by atoms with Gasteiger partial charge in [-0.3, -0.25) is 9.79 Å². The number of rotatable bonds is 3. The number of nitrogens with zero attached hydrogens (tertiary/aromatic N) is 3. The summed E-state index contributed by atoms with van der Waals surface area (Å²) < 4.78 is 7.35. The van der Waals surface area contributed by atoms with Gasteiger partial charge in [0.1, 0.15) is 24.4 Å². The van der Waals surface area contributed by atoms with Gasteiger partial charge in [0.2, 0.25) is 0 Å². The number of carbonyl (C=O) groups excluding carboxylic acids is 1. The van der Waals surface area contributed by atoms with E-state index in [1.807, 2.05) is 10.8 Å². The van der Waals surface area contributed by atoms with E-state index in [-0.39, 0.29) is 16.7 Å². The number of hydrogen-bond donors (Lipinski definition) is 1. The van der Waals surface area contributed by atoms with Crippen LogP contribution in [-0.2, 0) is 27.5 Å². The monoisotopic (exact) mass is 307 g/mol. The molecule has 1 N–H and O–H groups in total. The quantitative estimate of drug-likeness (QED) is 0.831. The highest BCUT2D eigenvalue weighted by Crippen LogP contribution is 2.36. The Morgan fingerprint density at radius 2 is 2.43 bits per heavy atom. The van der Waals surface area contributed by atoms with Gasteiger partial charge in [-0.05, 0) is 0 Å². The van der Waals surface area contributed by atoms with E-state index in [0.717, 1.165) is 18.1 Å². The highest BCUT2D eigenvalue weighted by molar-refractivity contribution is 8.00. The van der Waals surface area contributed by atoms with Gasteiger partial charge in [0, 0.05) is 30.3 Å². The Morgan fingerprint density at radius 1 is 1.57 bits per heavy atom. The fourth-order valence-corrected chi connectivity index (χ4v) is 3.33. The summed E-state index contributed by atoms with van der Waals surface area (Å²) in [5.41, 5.74) is 1.20. The number of fused-ring (bicyclic) bond motifs is 1. The normalized spacial score (nSPS) is 21.8. The average molecular weight is 307 g/mol. The van der Waals surface area contributed by atoms with Crippen molar-refractivity contribution in [2.45, 2.75) is 18.4 Å². The molecule has 0 saturated heterocycles. The number of aliphatic carboxylic acids is 1. The third kappa shape index (κ3) is 2.77. The fraction of sp³-hybridized carbons (Fsp3) is 0.385. The number of imidazole rings is 1. The van der Waals surface area contributed by atoms with Crippen LogP contribution in [0.5, 0.6) is 0 Å². The molecule has 0 bridgehead atoms. The van der Waals surface area contributed by atoms with Crippen molar-refractivity contribution in [2.75, 3.05) is 12.4 Å². The van der Waals surface area contributed by atoms with E-state index in [2.05, 4.69) is 9.98 Å². The lowest BCUT2D eigenvalue weighted by Gasteiger charge is -2.13. The second-order valence-corrected chi connectivity index (χ2v) is 5.74. The van der Waals surface area contributed by atoms with Crippen LogP contribution in [-0.4, -0.2) is 45.0 Å². The van der Waals surface area contributed by atoms with Gasteiger partial charge in [-0.2, -0.15) is 0 Å². The summed E-state index contributed by atoms with van der Waals surface area (Å²) in [5, 5.41) is 8.71. The van der Waals surface area contributed by atoms with E-state index in [1.54, 1.807) is 0 Å². The summed E-state index contributed by atoms with van der Waals surface area (Å²) in [7, 11) is 0. The Kier molecular flexibility index (Phi) is 3.89. The number of carboxylic acid groups (broad SMARTS) is 1. The summed E-state index contributed by atoms with van der Waals surface area (Å²) in [6.07, 6.45) is 3.94. The van der Waals surface area contributed by atoms with E-state index in [4.69, 9.17) is 9.84 Å². The zero-order chi connectivity index (χ0) is 14.8. The largest absolute Gasteiger partial charge is 0.477 e. The molecular formula is C13H13N3O4S. The summed E-state index contributed by atoms with van der Waals surface area (Å²) in [5.74, 6) is -0.0140. The van der Waals surface area contributed by atoms with Crippen molar-refractivity contribution in [3.05, 3.63) is 29.5 Å². The molecule has 21 heavy (non-hydrogen) atoms. The lowest BCUT2D eigenvalue weighted by atomic mass is 10.2. The number of aliphatic imine (C=N–C) groups is 1. The molecule has 0 aliphatic carbocycles. The Hall–Kier alpha value is -1.93. The molecular weight excluding hydrogens is 294 g/mol. The van der Waals surface area contributed by atoms with Gasteiger partial charge in [0.25, 0.3) is 0 Å². The number of ether oxygens (including phenoxy) is 1. The summed E-state index contributed by atoms with van der Waals surface area (Å²) >= 11 is 1.34. The minimum atomic E-state index is -1.07. The molecule has 0 saturated carbocycles. The van der Waals surface area contributed by atoms with Crippen LogP contribution in [0, 0.1) is 0 Å². The van der Waals surface area contributed by atoms with Gasteiger partial charge < -0.3 is 14.4 Å². The summed E-state index contributed by atoms with van der Waals surface area (Å²) in [6.45, 7) is 1.83. The highest BCUT2D eigenvalue weighted by atomic mass is 32.2. The second kappa shape index (κ2) is 5.82. The molecule has 0 radical (unpaired) electrons. The van der Waals surface area contributed by atoms with Gasteiger partial charge in [-0.25, -0.2) is 9.78 Å². The molecule has 110 valence electrons. The van der Waals surface area contributed by atoms with E-state index >= 15 is 0 Å². The highest BCUT2D eigenvalue weighted by Gasteiger charge is 2.26. The first-order chi connectivity index (χ1) is 10.2. The van der Waals surface area contributed by atoms with Crippen LogP contribution >= 0.6 is 11.8 Å². The first-order valence-electron chi connectivity index (χ1n) is 6.39. The molecule has 1 aromatic heterocycles. The average Bonchev–Trinajstić information content (AvgIpc) is 2.78. The predicted molar refractivity (Wildman–Crippen MR) is 76.3 cm³/mol. The van der Waals surface area contributed by atoms with Crippen LogP contribution < -0.4 is 0 Å². The maximum atomic E-state index is 11.3. The van der Waals surface area contributed by atoms with Crippen LogP contribution in [0.15, 0.2) is 23.0 Å². The van der Waals surface area contributed by atoms with Gasteiger partial charge in [0.05, 0.1) is 17.6 Å². The van der Waals surface area contributed by atoms with Gasteiger partial charge in [-0.1, -0.05) is 0 Å². The van der Waals surface area contributed by atoms with Gasteiger partial charge in [-0.15, -0.1) is 11.8 Å². The van der Waals surface area contributed by atoms with E-state index in [0.29, 0.717) is 25.1 Å². The lowest BCUT2D eigenvalue weighted by molar-refractivity contribution is -0.129. The number of aromatic nitrogens is 2. The zero-order valence-corrected chi connectivity index (χ0v) is 11.9. The molecule has 8 heteroatoms. The Morgan fingerprint density at radius 3 is 3.14 bits per heavy atom. The minimum Gasteiger partial charge on any atom is -0.477 e. The Labute approximate surface area is 124 Å². The molecule has 2 aliphatic heterocycles. The van der Waals surface area contributed by atoms with Crippen molar-refractivity contribution in [3.8, 4) is 0 Å². The van der Waals surface area contributed by atoms with Crippen molar-refractivity contribution in [3.63, 3.8) is 0 Å². The zero-order valence-electron chi connectivity index (χ0n) is 11.1. The topological polar surface area (TPSA) is 93.8 Å². The number of thioether (sulfide) groups is 1. The third-order valence-corrected chi connectivity index (χ3v) is 4.58. The number of hydrogen-bond acceptors (Lipinski definition) is 6. The molecule has 0 aromatic carbocycles. The molecule has 0 fully saturated rings. The molecule has 1 aromatic rings. The van der Waals surface area contributed by atoms with Gasteiger partial charge in [0.15, 0.2) is 0 Å². The van der Waals surface area contributed by atoms with Crippen molar-refractivity contribution in [1.29, 1.82) is 0 Å². The smallest absolute Gasteiger partial charge is 0.351 e. The maximum absolute atomic E-state index is 11.3. The van der Waals surface area contributed by atoms with Crippen molar-refractivity contribution in [2.24, 2.45) is 4.99 Å². The van der Waals surface area contributed by atoms with Crippen LogP contribution in [0.3, 0.4) is 0 Å². The van der Waals surface area contributed by atoms with Crippen molar-refractivity contribution < 1.29 is 19.4 Å². The molecule has 3 heterocycles. The van der Waals surface area contributed by atoms with Crippen LogP contribution in [0.4, 0.5) is 0 Å². The number of carboxylic acids is 1. The SMILES string of the molecule is O=CC1=CN=C(C(=O)O)CS[C@H]1c1cn2c(n1)COCC2.